The van der Waals surface area contributed by atoms with Gasteiger partial charge < -0.3 is 5.11 Å². The molecule has 0 rings (SSSR count). The highest BCUT2D eigenvalue weighted by Crippen LogP contribution is 2.19. The molecule has 19 heavy (non-hydrogen) atoms. The molecule has 116 valence electrons. The minimum atomic E-state index is -1.36. The molecule has 0 aliphatic rings. The van der Waals surface area contributed by atoms with Crippen molar-refractivity contribution >= 4 is 0 Å². The van der Waals surface area contributed by atoms with Crippen LogP contribution in [0, 0.1) is 0 Å². The van der Waals surface area contributed by atoms with E-state index in [0.29, 0.717) is 6.42 Å². The zero-order valence-electron chi connectivity index (χ0n) is 13.2. The van der Waals surface area contributed by atoms with Crippen molar-refractivity contribution in [3.05, 3.63) is 0 Å². The molecule has 0 aromatic rings. The fraction of sp³-hybridized carbons (Fsp3) is 1.00. The van der Waals surface area contributed by atoms with E-state index >= 15 is 0 Å². The van der Waals surface area contributed by atoms with Crippen molar-refractivity contribution in [1.29, 1.82) is 0 Å². The van der Waals surface area contributed by atoms with Gasteiger partial charge in [-0.3, -0.25) is 0 Å². The van der Waals surface area contributed by atoms with Crippen LogP contribution < -0.4 is 0 Å². The van der Waals surface area contributed by atoms with Crippen molar-refractivity contribution in [2.75, 3.05) is 6.61 Å². The van der Waals surface area contributed by atoms with Gasteiger partial charge >= 0.3 is 0 Å². The predicted octanol–water partition coefficient (Wildman–Crippen LogP) is 5.80. The Hall–Kier alpha value is -0.110. The first-order chi connectivity index (χ1) is 9.12. The number of unbranched alkanes of at least 4 members (excludes halogenated alkanes) is 11. The Kier molecular flexibility index (Phi) is 12.8. The van der Waals surface area contributed by atoms with Crippen molar-refractivity contribution < 1.29 is 9.50 Å². The summed E-state index contributed by atoms with van der Waals surface area (Å²) in [7, 11) is 0. The van der Waals surface area contributed by atoms with E-state index in [9.17, 15) is 4.39 Å². The number of aliphatic hydroxyl groups excluding tert-OH is 1. The molecular weight excluding hydrogens is 239 g/mol. The van der Waals surface area contributed by atoms with Crippen LogP contribution in [0.1, 0.15) is 97.3 Å². The second-order valence-electron chi connectivity index (χ2n) is 6.21. The average molecular weight is 274 g/mol. The first-order valence-corrected chi connectivity index (χ1v) is 8.42. The summed E-state index contributed by atoms with van der Waals surface area (Å²) in [5.41, 5.74) is -1.36. The maximum Gasteiger partial charge on any atom is 0.131 e. The predicted molar refractivity (Wildman–Crippen MR) is 82.3 cm³/mol. The molecule has 1 atom stereocenters. The van der Waals surface area contributed by atoms with E-state index in [1.165, 1.54) is 71.1 Å². The summed E-state index contributed by atoms with van der Waals surface area (Å²) >= 11 is 0. The van der Waals surface area contributed by atoms with Gasteiger partial charge in [-0.15, -0.1) is 0 Å². The zero-order chi connectivity index (χ0) is 14.4. The zero-order valence-corrected chi connectivity index (χ0v) is 13.2. The molecule has 0 radical (unpaired) electrons. The van der Waals surface area contributed by atoms with Crippen LogP contribution in [0.3, 0.4) is 0 Å². The molecule has 0 saturated carbocycles. The Bertz CT molecular complexity index is 180. The summed E-state index contributed by atoms with van der Waals surface area (Å²) in [4.78, 5) is 0. The minimum absolute atomic E-state index is 0.342. The van der Waals surface area contributed by atoms with Crippen LogP contribution in [0.15, 0.2) is 0 Å². The molecule has 0 aromatic carbocycles. The van der Waals surface area contributed by atoms with Gasteiger partial charge in [0.25, 0.3) is 0 Å². The van der Waals surface area contributed by atoms with E-state index in [0.717, 1.165) is 12.8 Å². The lowest BCUT2D eigenvalue weighted by Gasteiger charge is -2.16. The number of halogens is 1. The van der Waals surface area contributed by atoms with Gasteiger partial charge in [0.1, 0.15) is 5.67 Å². The second kappa shape index (κ2) is 12.9. The third-order valence-electron chi connectivity index (χ3n) is 3.88. The Morgan fingerprint density at radius 2 is 1.11 bits per heavy atom. The summed E-state index contributed by atoms with van der Waals surface area (Å²) in [5.74, 6) is 0. The lowest BCUT2D eigenvalue weighted by molar-refractivity contribution is 0.0772. The van der Waals surface area contributed by atoms with Crippen LogP contribution in [0.5, 0.6) is 0 Å². The van der Waals surface area contributed by atoms with Crippen molar-refractivity contribution in [2.24, 2.45) is 0 Å². The van der Waals surface area contributed by atoms with E-state index in [-0.39, 0.29) is 6.61 Å². The van der Waals surface area contributed by atoms with Crippen LogP contribution in [0.2, 0.25) is 0 Å². The number of rotatable bonds is 14. The maximum atomic E-state index is 13.4. The van der Waals surface area contributed by atoms with E-state index < -0.39 is 5.67 Å². The van der Waals surface area contributed by atoms with Gasteiger partial charge in [-0.1, -0.05) is 84.0 Å². The summed E-state index contributed by atoms with van der Waals surface area (Å²) in [5, 5.41) is 8.80. The fourth-order valence-electron chi connectivity index (χ4n) is 2.41. The first-order valence-electron chi connectivity index (χ1n) is 8.42. The van der Waals surface area contributed by atoms with Crippen LogP contribution in [0.25, 0.3) is 0 Å². The third kappa shape index (κ3) is 14.1. The molecule has 0 bridgehead atoms. The first kappa shape index (κ1) is 18.9. The van der Waals surface area contributed by atoms with Gasteiger partial charge in [-0.2, -0.15) is 0 Å². The Morgan fingerprint density at radius 1 is 0.737 bits per heavy atom. The molecule has 0 aromatic heterocycles. The number of alkyl halides is 1. The van der Waals surface area contributed by atoms with Crippen molar-refractivity contribution in [2.45, 2.75) is 103 Å². The van der Waals surface area contributed by atoms with Gasteiger partial charge in [0.15, 0.2) is 0 Å². The standard InChI is InChI=1S/C17H35FO/c1-3-4-5-6-7-8-9-10-11-12-13-14-15-17(2,18)16-19/h19H,3-16H2,1-2H3. The van der Waals surface area contributed by atoms with Crippen molar-refractivity contribution in [3.8, 4) is 0 Å². The van der Waals surface area contributed by atoms with Gasteiger partial charge in [0, 0.05) is 0 Å². The Labute approximate surface area is 120 Å². The molecule has 2 heteroatoms. The lowest BCUT2D eigenvalue weighted by atomic mass is 9.99. The third-order valence-corrected chi connectivity index (χ3v) is 3.88. The molecule has 1 unspecified atom stereocenters. The van der Waals surface area contributed by atoms with Gasteiger partial charge in [0.2, 0.25) is 0 Å². The lowest BCUT2D eigenvalue weighted by Crippen LogP contribution is -2.22. The van der Waals surface area contributed by atoms with Crippen molar-refractivity contribution in [3.63, 3.8) is 0 Å². The molecule has 1 nitrogen and oxygen atoms in total. The SMILES string of the molecule is CCCCCCCCCCCCCCC(C)(F)CO. The van der Waals surface area contributed by atoms with Gasteiger partial charge in [-0.25, -0.2) is 4.39 Å². The van der Waals surface area contributed by atoms with Crippen LogP contribution in [0.4, 0.5) is 4.39 Å². The molecule has 1 N–H and O–H groups in total. The largest absolute Gasteiger partial charge is 0.393 e. The smallest absolute Gasteiger partial charge is 0.131 e. The summed E-state index contributed by atoms with van der Waals surface area (Å²) in [6, 6.07) is 0. The van der Waals surface area contributed by atoms with Crippen LogP contribution in [-0.4, -0.2) is 17.4 Å². The van der Waals surface area contributed by atoms with Crippen molar-refractivity contribution in [1.82, 2.24) is 0 Å². The minimum Gasteiger partial charge on any atom is -0.393 e. The van der Waals surface area contributed by atoms with Crippen LogP contribution in [-0.2, 0) is 0 Å². The van der Waals surface area contributed by atoms with Gasteiger partial charge in [-0.05, 0) is 13.3 Å². The second-order valence-corrected chi connectivity index (χ2v) is 6.21. The van der Waals surface area contributed by atoms with Crippen LogP contribution >= 0.6 is 0 Å². The molecule has 0 amide bonds. The topological polar surface area (TPSA) is 20.2 Å². The normalized spacial score (nSPS) is 14.5. The fourth-order valence-corrected chi connectivity index (χ4v) is 2.41. The molecule has 0 aliphatic carbocycles. The summed E-state index contributed by atoms with van der Waals surface area (Å²) in [6.45, 7) is 3.41. The highest BCUT2D eigenvalue weighted by Gasteiger charge is 2.20. The summed E-state index contributed by atoms with van der Waals surface area (Å²) < 4.78 is 13.4. The molecule has 0 spiro atoms. The van der Waals surface area contributed by atoms with E-state index in [1.54, 1.807) is 0 Å². The van der Waals surface area contributed by atoms with E-state index in [1.807, 2.05) is 0 Å². The molecule has 0 aliphatic heterocycles. The monoisotopic (exact) mass is 274 g/mol. The highest BCUT2D eigenvalue weighted by atomic mass is 19.1. The molecule has 0 fully saturated rings. The quantitative estimate of drug-likeness (QED) is 0.397. The maximum absolute atomic E-state index is 13.4. The number of aliphatic hydroxyl groups is 1. The Morgan fingerprint density at radius 3 is 1.47 bits per heavy atom. The molecular formula is C17H35FO. The van der Waals surface area contributed by atoms with E-state index in [4.69, 9.17) is 5.11 Å². The highest BCUT2D eigenvalue weighted by molar-refractivity contribution is 4.71. The molecule has 0 saturated heterocycles. The number of hydrogen-bond donors (Lipinski definition) is 1. The van der Waals surface area contributed by atoms with Gasteiger partial charge in [0.05, 0.1) is 6.61 Å². The number of hydrogen-bond acceptors (Lipinski definition) is 1. The Balaban J connectivity index is 3.07. The van der Waals surface area contributed by atoms with E-state index in [2.05, 4.69) is 6.92 Å². The summed E-state index contributed by atoms with van der Waals surface area (Å²) in [6.07, 6.45) is 16.0. The molecule has 0 heterocycles. The average Bonchev–Trinajstić information content (AvgIpc) is 2.40.